The first-order valence-corrected chi connectivity index (χ1v) is 7.17. The van der Waals surface area contributed by atoms with Crippen molar-refractivity contribution in [2.24, 2.45) is 0 Å². The van der Waals surface area contributed by atoms with Gasteiger partial charge in [0.05, 0.1) is 19.3 Å². The van der Waals surface area contributed by atoms with Crippen LogP contribution in [-0.4, -0.2) is 24.6 Å². The van der Waals surface area contributed by atoms with E-state index in [0.29, 0.717) is 23.8 Å². The molecule has 0 amide bonds. The Morgan fingerprint density at radius 2 is 2.00 bits per heavy atom. The van der Waals surface area contributed by atoms with E-state index >= 15 is 0 Å². The number of hydrogen-bond acceptors (Lipinski definition) is 5. The lowest BCUT2D eigenvalue weighted by Gasteiger charge is -2.09. The van der Waals surface area contributed by atoms with E-state index in [4.69, 9.17) is 15.2 Å². The van der Waals surface area contributed by atoms with Crippen LogP contribution >= 0.6 is 0 Å². The summed E-state index contributed by atoms with van der Waals surface area (Å²) >= 11 is 0. The van der Waals surface area contributed by atoms with Gasteiger partial charge in [-0.3, -0.25) is 4.79 Å². The van der Waals surface area contributed by atoms with Crippen LogP contribution in [0.25, 0.3) is 6.08 Å². The van der Waals surface area contributed by atoms with E-state index in [0.717, 1.165) is 5.56 Å². The lowest BCUT2D eigenvalue weighted by atomic mass is 10.1. The first-order chi connectivity index (χ1) is 11.0. The molecule has 5 heteroatoms. The third-order valence-corrected chi connectivity index (χ3v) is 3.20. The van der Waals surface area contributed by atoms with E-state index in [-0.39, 0.29) is 17.1 Å². The first kappa shape index (κ1) is 16.4. The predicted molar refractivity (Wildman–Crippen MR) is 90.0 cm³/mol. The molecular weight excluding hydrogens is 294 g/mol. The van der Waals surface area contributed by atoms with Crippen LogP contribution in [0.5, 0.6) is 17.2 Å². The summed E-state index contributed by atoms with van der Waals surface area (Å²) in [6, 6.07) is 9.79. The van der Waals surface area contributed by atoms with Crippen molar-refractivity contribution in [1.82, 2.24) is 0 Å². The second-order valence-electron chi connectivity index (χ2n) is 4.82. The topological polar surface area (TPSA) is 81.8 Å². The Bertz CT molecular complexity index is 738. The molecule has 5 nitrogen and oxygen atoms in total. The molecule has 23 heavy (non-hydrogen) atoms. The van der Waals surface area contributed by atoms with Crippen molar-refractivity contribution in [2.75, 3.05) is 19.5 Å². The summed E-state index contributed by atoms with van der Waals surface area (Å²) in [6.07, 6.45) is 3.04. The zero-order valence-corrected chi connectivity index (χ0v) is 13.1. The van der Waals surface area contributed by atoms with Gasteiger partial charge in [-0.05, 0) is 42.8 Å². The quantitative estimate of drug-likeness (QED) is 0.486. The maximum atomic E-state index is 12.1. The van der Waals surface area contributed by atoms with Crippen LogP contribution < -0.4 is 15.2 Å². The number of carbonyl (C=O) groups excluding carboxylic acids is 1. The van der Waals surface area contributed by atoms with Gasteiger partial charge in [0, 0.05) is 11.8 Å². The van der Waals surface area contributed by atoms with Crippen molar-refractivity contribution in [2.45, 2.75) is 6.92 Å². The summed E-state index contributed by atoms with van der Waals surface area (Å²) < 4.78 is 10.7. The van der Waals surface area contributed by atoms with Gasteiger partial charge in [0.1, 0.15) is 5.75 Å². The Hall–Kier alpha value is -2.95. The molecule has 0 aliphatic heterocycles. The molecule has 0 saturated heterocycles. The van der Waals surface area contributed by atoms with Crippen LogP contribution in [-0.2, 0) is 0 Å². The number of phenolic OH excluding ortho intramolecular Hbond substituents is 1. The third-order valence-electron chi connectivity index (χ3n) is 3.20. The standard InChI is InChI=1S/C18H19NO4/c1-3-23-17-9-5-12(10-18(17)22-2)4-8-15(20)14-7-6-13(19)11-16(14)21/h4-11,21H,3,19H2,1-2H3/b8-4+. The normalized spacial score (nSPS) is 10.7. The molecule has 2 rings (SSSR count). The fourth-order valence-electron chi connectivity index (χ4n) is 2.08. The highest BCUT2D eigenvalue weighted by atomic mass is 16.5. The van der Waals surface area contributed by atoms with Crippen molar-refractivity contribution in [3.8, 4) is 17.2 Å². The van der Waals surface area contributed by atoms with Gasteiger partial charge < -0.3 is 20.3 Å². The van der Waals surface area contributed by atoms with Gasteiger partial charge in [-0.1, -0.05) is 12.1 Å². The molecular formula is C18H19NO4. The summed E-state index contributed by atoms with van der Waals surface area (Å²) in [5, 5.41) is 9.77. The molecule has 0 atom stereocenters. The van der Waals surface area contributed by atoms with Gasteiger partial charge >= 0.3 is 0 Å². The molecule has 120 valence electrons. The minimum Gasteiger partial charge on any atom is -0.507 e. The van der Waals surface area contributed by atoms with Crippen LogP contribution in [0.4, 0.5) is 5.69 Å². The largest absolute Gasteiger partial charge is 0.507 e. The molecule has 2 aromatic carbocycles. The van der Waals surface area contributed by atoms with E-state index in [1.807, 2.05) is 13.0 Å². The van der Waals surface area contributed by atoms with Gasteiger partial charge in [-0.15, -0.1) is 0 Å². The summed E-state index contributed by atoms with van der Waals surface area (Å²) in [5.41, 5.74) is 6.94. The molecule has 0 aliphatic carbocycles. The molecule has 0 radical (unpaired) electrons. The molecule has 0 fully saturated rings. The molecule has 0 unspecified atom stereocenters. The zero-order chi connectivity index (χ0) is 16.8. The zero-order valence-electron chi connectivity index (χ0n) is 13.1. The number of ether oxygens (including phenoxy) is 2. The Morgan fingerprint density at radius 1 is 1.22 bits per heavy atom. The second-order valence-corrected chi connectivity index (χ2v) is 4.82. The van der Waals surface area contributed by atoms with E-state index in [9.17, 15) is 9.90 Å². The number of benzene rings is 2. The maximum Gasteiger partial charge on any atom is 0.189 e. The van der Waals surface area contributed by atoms with Crippen molar-refractivity contribution in [3.05, 3.63) is 53.6 Å². The minimum absolute atomic E-state index is 0.135. The number of nitrogens with two attached hydrogens (primary N) is 1. The predicted octanol–water partition coefficient (Wildman–Crippen LogP) is 3.28. The monoisotopic (exact) mass is 313 g/mol. The Balaban J connectivity index is 2.20. The fourth-order valence-corrected chi connectivity index (χ4v) is 2.08. The lowest BCUT2D eigenvalue weighted by Crippen LogP contribution is -1.97. The number of methoxy groups -OCH3 is 1. The highest BCUT2D eigenvalue weighted by Crippen LogP contribution is 2.28. The van der Waals surface area contributed by atoms with Crippen LogP contribution in [0.1, 0.15) is 22.8 Å². The number of phenols is 1. The fraction of sp³-hybridized carbons (Fsp3) is 0.167. The second kappa shape index (κ2) is 7.35. The number of aromatic hydroxyl groups is 1. The highest BCUT2D eigenvalue weighted by molar-refractivity contribution is 6.08. The summed E-state index contributed by atoms with van der Waals surface area (Å²) in [5.74, 6) is 0.797. The number of allylic oxidation sites excluding steroid dienone is 1. The van der Waals surface area contributed by atoms with E-state index in [2.05, 4.69) is 0 Å². The van der Waals surface area contributed by atoms with Crippen LogP contribution in [0.15, 0.2) is 42.5 Å². The number of nitrogen functional groups attached to an aromatic ring is 1. The molecule has 0 saturated carbocycles. The van der Waals surface area contributed by atoms with Crippen molar-refractivity contribution >= 4 is 17.5 Å². The highest BCUT2D eigenvalue weighted by Gasteiger charge is 2.09. The van der Waals surface area contributed by atoms with E-state index < -0.39 is 0 Å². The van der Waals surface area contributed by atoms with Gasteiger partial charge in [0.2, 0.25) is 0 Å². The third kappa shape index (κ3) is 4.03. The number of rotatable bonds is 6. The van der Waals surface area contributed by atoms with Gasteiger partial charge in [-0.25, -0.2) is 0 Å². The van der Waals surface area contributed by atoms with Crippen molar-refractivity contribution < 1.29 is 19.4 Å². The Labute approximate surface area is 135 Å². The van der Waals surface area contributed by atoms with Gasteiger partial charge in [0.15, 0.2) is 17.3 Å². The minimum atomic E-state index is -0.310. The average Bonchev–Trinajstić information content (AvgIpc) is 2.53. The molecule has 2 aromatic rings. The smallest absolute Gasteiger partial charge is 0.189 e. The number of hydrogen-bond donors (Lipinski definition) is 2. The average molecular weight is 313 g/mol. The van der Waals surface area contributed by atoms with Crippen molar-refractivity contribution in [1.29, 1.82) is 0 Å². The molecule has 0 aromatic heterocycles. The Morgan fingerprint density at radius 3 is 2.65 bits per heavy atom. The molecule has 0 bridgehead atoms. The maximum absolute atomic E-state index is 12.1. The van der Waals surface area contributed by atoms with Gasteiger partial charge in [0.25, 0.3) is 0 Å². The summed E-state index contributed by atoms with van der Waals surface area (Å²) in [4.78, 5) is 12.1. The molecule has 3 N–H and O–H groups in total. The van der Waals surface area contributed by atoms with E-state index in [1.54, 1.807) is 31.4 Å². The van der Waals surface area contributed by atoms with Gasteiger partial charge in [-0.2, -0.15) is 0 Å². The van der Waals surface area contributed by atoms with E-state index in [1.165, 1.54) is 18.2 Å². The summed E-state index contributed by atoms with van der Waals surface area (Å²) in [6.45, 7) is 2.44. The molecule has 0 spiro atoms. The number of carbonyl (C=O) groups is 1. The molecule has 0 aliphatic rings. The van der Waals surface area contributed by atoms with Crippen molar-refractivity contribution in [3.63, 3.8) is 0 Å². The van der Waals surface area contributed by atoms with Crippen LogP contribution in [0, 0.1) is 0 Å². The lowest BCUT2D eigenvalue weighted by molar-refractivity contribution is 0.104. The number of ketones is 1. The first-order valence-electron chi connectivity index (χ1n) is 7.17. The van der Waals surface area contributed by atoms with Crippen LogP contribution in [0.3, 0.4) is 0 Å². The van der Waals surface area contributed by atoms with Crippen LogP contribution in [0.2, 0.25) is 0 Å². The molecule has 0 heterocycles. The Kier molecular flexibility index (Phi) is 5.25. The SMILES string of the molecule is CCOc1ccc(/C=C/C(=O)c2ccc(N)cc2O)cc1OC. The summed E-state index contributed by atoms with van der Waals surface area (Å²) in [7, 11) is 1.56. The number of anilines is 1.